The third kappa shape index (κ3) is 6.05. The Kier molecular flexibility index (Phi) is 9.64. The van der Waals surface area contributed by atoms with Gasteiger partial charge in [-0.15, -0.1) is 0 Å². The van der Waals surface area contributed by atoms with Gasteiger partial charge in [0.15, 0.2) is 0 Å². The van der Waals surface area contributed by atoms with Crippen LogP contribution in [0.15, 0.2) is 0 Å². The molecule has 0 unspecified atom stereocenters. The standard InChI is InChI=1S/C5H11NO.V/c1-3-5(7)6-4-2;/h3-4H2,1-2H3,(H,6,7);. The molecule has 0 atom stereocenters. The molecule has 2 nitrogen and oxygen atoms in total. The number of carbonyl (C=O) groups excluding carboxylic acids is 1. The molecule has 0 fully saturated rings. The first kappa shape index (κ1) is 10.9. The van der Waals surface area contributed by atoms with Gasteiger partial charge in [0.2, 0.25) is 5.91 Å². The minimum absolute atomic E-state index is 0. The zero-order valence-corrected chi connectivity index (χ0v) is 6.67. The number of rotatable bonds is 2. The summed E-state index contributed by atoms with van der Waals surface area (Å²) in [5, 5.41) is 2.66. The van der Waals surface area contributed by atoms with E-state index in [1.165, 1.54) is 0 Å². The summed E-state index contributed by atoms with van der Waals surface area (Å²) < 4.78 is 0. The van der Waals surface area contributed by atoms with Gasteiger partial charge in [-0.2, -0.15) is 0 Å². The van der Waals surface area contributed by atoms with Crippen LogP contribution in [0.1, 0.15) is 20.3 Å². The van der Waals surface area contributed by atoms with Crippen LogP contribution in [0.5, 0.6) is 0 Å². The fourth-order valence-corrected chi connectivity index (χ4v) is 0.322. The monoisotopic (exact) mass is 152 g/mol. The maximum absolute atomic E-state index is 10.3. The molecule has 0 spiro atoms. The molecule has 0 saturated carbocycles. The molecule has 1 N–H and O–H groups in total. The molecule has 0 aromatic rings. The number of nitrogens with one attached hydrogen (secondary N) is 1. The Balaban J connectivity index is 0. The SMILES string of the molecule is CCNC(=O)CC.[V]. The van der Waals surface area contributed by atoms with Crippen LogP contribution >= 0.6 is 0 Å². The fourth-order valence-electron chi connectivity index (χ4n) is 0.322. The van der Waals surface area contributed by atoms with Crippen molar-refractivity contribution in [2.75, 3.05) is 6.54 Å². The average Bonchev–Trinajstić information content (AvgIpc) is 1.68. The topological polar surface area (TPSA) is 29.1 Å². The zero-order valence-electron chi connectivity index (χ0n) is 5.27. The summed E-state index contributed by atoms with van der Waals surface area (Å²) in [6.07, 6.45) is 0.591. The predicted molar refractivity (Wildman–Crippen MR) is 29.0 cm³/mol. The van der Waals surface area contributed by atoms with Gasteiger partial charge < -0.3 is 5.32 Å². The molecular formula is C5H11NOV. The molecule has 1 radical (unpaired) electrons. The molecule has 0 aromatic heterocycles. The molecule has 0 aliphatic heterocycles. The van der Waals surface area contributed by atoms with Crippen molar-refractivity contribution in [1.29, 1.82) is 0 Å². The second-order valence-corrected chi connectivity index (χ2v) is 1.31. The van der Waals surface area contributed by atoms with Crippen molar-refractivity contribution in [2.24, 2.45) is 0 Å². The molecule has 47 valence electrons. The van der Waals surface area contributed by atoms with Crippen LogP contribution < -0.4 is 5.32 Å². The zero-order chi connectivity index (χ0) is 5.70. The quantitative estimate of drug-likeness (QED) is 0.614. The van der Waals surface area contributed by atoms with Crippen molar-refractivity contribution >= 4 is 5.91 Å². The molecule has 0 aliphatic rings. The second-order valence-electron chi connectivity index (χ2n) is 1.31. The van der Waals surface area contributed by atoms with Crippen LogP contribution in [-0.4, -0.2) is 12.5 Å². The summed E-state index contributed by atoms with van der Waals surface area (Å²) in [7, 11) is 0. The van der Waals surface area contributed by atoms with Crippen LogP contribution in [0.3, 0.4) is 0 Å². The Morgan fingerprint density at radius 1 is 1.50 bits per heavy atom. The van der Waals surface area contributed by atoms with Gasteiger partial charge in [0.1, 0.15) is 0 Å². The summed E-state index contributed by atoms with van der Waals surface area (Å²) in [6.45, 7) is 4.49. The third-order valence-electron chi connectivity index (χ3n) is 0.695. The van der Waals surface area contributed by atoms with Gasteiger partial charge in [-0.05, 0) is 6.92 Å². The summed E-state index contributed by atoms with van der Waals surface area (Å²) in [4.78, 5) is 10.3. The van der Waals surface area contributed by atoms with E-state index < -0.39 is 0 Å². The van der Waals surface area contributed by atoms with Crippen LogP contribution in [0.4, 0.5) is 0 Å². The summed E-state index contributed by atoms with van der Waals surface area (Å²) in [6, 6.07) is 0. The first-order valence-corrected chi connectivity index (χ1v) is 2.58. The average molecular weight is 152 g/mol. The smallest absolute Gasteiger partial charge is 0.219 e. The van der Waals surface area contributed by atoms with Crippen molar-refractivity contribution in [3.05, 3.63) is 0 Å². The first-order valence-electron chi connectivity index (χ1n) is 2.58. The Morgan fingerprint density at radius 2 is 2.00 bits per heavy atom. The van der Waals surface area contributed by atoms with Crippen LogP contribution in [0.2, 0.25) is 0 Å². The molecule has 0 saturated heterocycles. The third-order valence-corrected chi connectivity index (χ3v) is 0.695. The molecule has 0 aliphatic carbocycles. The van der Waals surface area contributed by atoms with E-state index in [0.717, 1.165) is 6.54 Å². The Hall–Kier alpha value is 0.0544. The van der Waals surface area contributed by atoms with Crippen LogP contribution in [0.25, 0.3) is 0 Å². The fraction of sp³-hybridized carbons (Fsp3) is 0.800. The minimum Gasteiger partial charge on any atom is -0.356 e. The van der Waals surface area contributed by atoms with Crippen LogP contribution in [-0.2, 0) is 23.4 Å². The Morgan fingerprint density at radius 3 is 2.12 bits per heavy atom. The van der Waals surface area contributed by atoms with E-state index in [9.17, 15) is 4.79 Å². The Bertz CT molecular complexity index is 65.4. The van der Waals surface area contributed by atoms with Crippen molar-refractivity contribution < 1.29 is 23.4 Å². The van der Waals surface area contributed by atoms with E-state index in [-0.39, 0.29) is 24.5 Å². The minimum atomic E-state index is 0. The number of amides is 1. The number of hydrogen-bond acceptors (Lipinski definition) is 1. The van der Waals surface area contributed by atoms with Crippen molar-refractivity contribution in [2.45, 2.75) is 20.3 Å². The van der Waals surface area contributed by atoms with Crippen molar-refractivity contribution in [3.8, 4) is 0 Å². The maximum atomic E-state index is 10.3. The summed E-state index contributed by atoms with van der Waals surface area (Å²) in [5.74, 6) is 0.127. The van der Waals surface area contributed by atoms with Gasteiger partial charge >= 0.3 is 0 Å². The van der Waals surface area contributed by atoms with E-state index >= 15 is 0 Å². The van der Waals surface area contributed by atoms with E-state index in [0.29, 0.717) is 6.42 Å². The molecule has 0 rings (SSSR count). The molecule has 0 bridgehead atoms. The maximum Gasteiger partial charge on any atom is 0.219 e. The number of hydrogen-bond donors (Lipinski definition) is 1. The first-order chi connectivity index (χ1) is 3.31. The van der Waals surface area contributed by atoms with E-state index in [1.54, 1.807) is 0 Å². The van der Waals surface area contributed by atoms with E-state index in [1.807, 2.05) is 13.8 Å². The molecule has 3 heteroatoms. The molecule has 0 aromatic carbocycles. The molecule has 1 amide bonds. The van der Waals surface area contributed by atoms with E-state index in [2.05, 4.69) is 5.32 Å². The van der Waals surface area contributed by atoms with E-state index in [4.69, 9.17) is 0 Å². The Labute approximate surface area is 61.9 Å². The number of carbonyl (C=O) groups is 1. The molecular weight excluding hydrogens is 141 g/mol. The molecule has 8 heavy (non-hydrogen) atoms. The van der Waals surface area contributed by atoms with Gasteiger partial charge in [0.05, 0.1) is 0 Å². The second kappa shape index (κ2) is 7.05. The van der Waals surface area contributed by atoms with Gasteiger partial charge in [-0.25, -0.2) is 0 Å². The molecule has 0 heterocycles. The van der Waals surface area contributed by atoms with Crippen molar-refractivity contribution in [3.63, 3.8) is 0 Å². The van der Waals surface area contributed by atoms with Gasteiger partial charge in [-0.3, -0.25) is 4.79 Å². The van der Waals surface area contributed by atoms with Gasteiger partial charge in [-0.1, -0.05) is 6.92 Å². The van der Waals surface area contributed by atoms with Crippen molar-refractivity contribution in [1.82, 2.24) is 5.32 Å². The van der Waals surface area contributed by atoms with Crippen LogP contribution in [0, 0.1) is 0 Å². The van der Waals surface area contributed by atoms with Gasteiger partial charge in [0, 0.05) is 31.5 Å². The predicted octanol–water partition coefficient (Wildman–Crippen LogP) is 0.530. The summed E-state index contributed by atoms with van der Waals surface area (Å²) >= 11 is 0. The summed E-state index contributed by atoms with van der Waals surface area (Å²) in [5.41, 5.74) is 0. The largest absolute Gasteiger partial charge is 0.356 e. The normalized spacial score (nSPS) is 7.25. The van der Waals surface area contributed by atoms with Gasteiger partial charge in [0.25, 0.3) is 0 Å².